The molecule has 0 atom stereocenters. The van der Waals surface area contributed by atoms with E-state index in [-0.39, 0.29) is 42.4 Å². The average Bonchev–Trinajstić information content (AvgIpc) is 2.83. The van der Waals surface area contributed by atoms with Gasteiger partial charge < -0.3 is 10.0 Å². The molecule has 0 radical (unpaired) electrons. The second kappa shape index (κ2) is 9.54. The van der Waals surface area contributed by atoms with Gasteiger partial charge in [-0.3, -0.25) is 4.79 Å². The number of carbonyl (C=O) groups excluding carboxylic acids is 1. The first-order chi connectivity index (χ1) is 16.2. The van der Waals surface area contributed by atoms with E-state index in [2.05, 4.69) is 11.8 Å². The summed E-state index contributed by atoms with van der Waals surface area (Å²) in [4.78, 5) is 14.5. The second-order valence-electron chi connectivity index (χ2n) is 8.20. The van der Waals surface area contributed by atoms with Gasteiger partial charge in [0.25, 0.3) is 5.91 Å². The fourth-order valence-corrected chi connectivity index (χ4v) is 4.22. The number of piperidine rings is 1. The van der Waals surface area contributed by atoms with E-state index in [4.69, 9.17) is 11.6 Å². The summed E-state index contributed by atoms with van der Waals surface area (Å²) in [6.45, 7) is 0.260. The first-order valence-corrected chi connectivity index (χ1v) is 11.1. The van der Waals surface area contributed by atoms with E-state index >= 15 is 0 Å². The summed E-state index contributed by atoms with van der Waals surface area (Å²) in [5.74, 6) is 5.86. The normalized spacial score (nSPS) is 15.4. The van der Waals surface area contributed by atoms with E-state index in [1.54, 1.807) is 29.2 Å². The molecule has 1 aliphatic rings. The number of halogens is 4. The highest BCUT2D eigenvalue weighted by Crippen LogP contribution is 2.42. The van der Waals surface area contributed by atoms with Crippen molar-refractivity contribution in [3.8, 4) is 11.8 Å². The third-order valence-electron chi connectivity index (χ3n) is 5.92. The Bertz CT molecular complexity index is 1240. The summed E-state index contributed by atoms with van der Waals surface area (Å²) in [6, 6.07) is 19.8. The molecular weight excluding hydrogens is 463 g/mol. The van der Waals surface area contributed by atoms with Crippen LogP contribution in [0.15, 0.2) is 72.8 Å². The predicted molar refractivity (Wildman–Crippen MR) is 124 cm³/mol. The van der Waals surface area contributed by atoms with Crippen molar-refractivity contribution in [1.29, 1.82) is 0 Å². The maximum atomic E-state index is 13.5. The van der Waals surface area contributed by atoms with Crippen LogP contribution in [0, 0.1) is 11.8 Å². The molecule has 4 rings (SSSR count). The zero-order valence-electron chi connectivity index (χ0n) is 18.1. The molecule has 34 heavy (non-hydrogen) atoms. The maximum absolute atomic E-state index is 13.5. The number of likely N-dealkylation sites (tertiary alicyclic amines) is 1. The second-order valence-corrected chi connectivity index (χ2v) is 8.64. The Morgan fingerprint density at radius 2 is 1.50 bits per heavy atom. The van der Waals surface area contributed by atoms with Crippen LogP contribution in [-0.4, -0.2) is 29.0 Å². The molecule has 7 heteroatoms. The number of benzene rings is 3. The topological polar surface area (TPSA) is 40.5 Å². The van der Waals surface area contributed by atoms with Crippen molar-refractivity contribution in [3.05, 3.63) is 106 Å². The number of aliphatic hydroxyl groups is 1. The molecule has 0 saturated carbocycles. The minimum absolute atomic E-state index is 0.00983. The third-order valence-corrected chi connectivity index (χ3v) is 6.16. The fourth-order valence-electron chi connectivity index (χ4n) is 4.05. The van der Waals surface area contributed by atoms with Crippen molar-refractivity contribution in [1.82, 2.24) is 4.90 Å². The molecule has 1 saturated heterocycles. The van der Waals surface area contributed by atoms with Gasteiger partial charge in [-0.2, -0.15) is 13.2 Å². The molecule has 1 amide bonds. The number of carbonyl (C=O) groups is 1. The lowest BCUT2D eigenvalue weighted by Crippen LogP contribution is -2.45. The quantitative estimate of drug-likeness (QED) is 0.462. The molecule has 1 fully saturated rings. The van der Waals surface area contributed by atoms with Crippen LogP contribution in [0.25, 0.3) is 0 Å². The minimum Gasteiger partial charge on any atom is -0.385 e. The third kappa shape index (κ3) is 5.27. The van der Waals surface area contributed by atoms with Gasteiger partial charge in [0.2, 0.25) is 0 Å². The highest BCUT2D eigenvalue weighted by atomic mass is 35.5. The van der Waals surface area contributed by atoms with Gasteiger partial charge in [0.1, 0.15) is 0 Å². The van der Waals surface area contributed by atoms with Gasteiger partial charge in [-0.25, -0.2) is 0 Å². The van der Waals surface area contributed by atoms with Crippen LogP contribution in [0.3, 0.4) is 0 Å². The lowest BCUT2D eigenvalue weighted by atomic mass is 9.81. The Balaban J connectivity index is 1.45. The first kappa shape index (κ1) is 23.9. The zero-order valence-corrected chi connectivity index (χ0v) is 18.8. The van der Waals surface area contributed by atoms with Crippen molar-refractivity contribution >= 4 is 17.5 Å². The van der Waals surface area contributed by atoms with Crippen molar-refractivity contribution in [2.45, 2.75) is 24.6 Å². The fraction of sp³-hybridized carbons (Fsp3) is 0.222. The molecule has 1 aliphatic heterocycles. The molecule has 174 valence electrons. The van der Waals surface area contributed by atoms with Gasteiger partial charge in [0, 0.05) is 34.8 Å². The average molecular weight is 484 g/mol. The summed E-state index contributed by atoms with van der Waals surface area (Å²) in [6.07, 6.45) is -4.66. The SMILES string of the molecule is O=C(c1ccc(C#Cc2ccccc2)cc1)N1CCC(O)(c2ccc(Cl)cc2C(F)(F)F)CC1. The number of hydrogen-bond donors (Lipinski definition) is 1. The lowest BCUT2D eigenvalue weighted by Gasteiger charge is -2.39. The molecule has 3 aromatic carbocycles. The van der Waals surface area contributed by atoms with Crippen LogP contribution >= 0.6 is 11.6 Å². The molecule has 3 nitrogen and oxygen atoms in total. The Morgan fingerprint density at radius 3 is 2.09 bits per heavy atom. The van der Waals surface area contributed by atoms with Crippen LogP contribution in [0.1, 0.15) is 45.5 Å². The summed E-state index contributed by atoms with van der Waals surface area (Å²) < 4.78 is 40.6. The number of amides is 1. The van der Waals surface area contributed by atoms with Crippen molar-refractivity contribution in [3.63, 3.8) is 0 Å². The van der Waals surface area contributed by atoms with Gasteiger partial charge in [0.15, 0.2) is 0 Å². The molecule has 0 spiro atoms. The molecular formula is C27H21ClF3NO2. The van der Waals surface area contributed by atoms with Crippen LogP contribution < -0.4 is 0 Å². The highest BCUT2D eigenvalue weighted by molar-refractivity contribution is 6.30. The van der Waals surface area contributed by atoms with Crippen LogP contribution in [0.4, 0.5) is 13.2 Å². The van der Waals surface area contributed by atoms with Gasteiger partial charge >= 0.3 is 6.18 Å². The van der Waals surface area contributed by atoms with E-state index in [1.807, 2.05) is 30.3 Å². The molecule has 0 aromatic heterocycles. The monoisotopic (exact) mass is 483 g/mol. The van der Waals surface area contributed by atoms with Crippen LogP contribution in [0.2, 0.25) is 5.02 Å². The standard InChI is InChI=1S/C27H21ClF3NO2/c28-22-12-13-23(24(18-22)27(29,30)31)26(34)14-16-32(17-15-26)25(33)21-10-8-20(9-11-21)7-6-19-4-2-1-3-5-19/h1-5,8-13,18,34H,14-17H2. The molecule has 1 heterocycles. The number of alkyl halides is 3. The van der Waals surface area contributed by atoms with Gasteiger partial charge in [-0.1, -0.05) is 47.7 Å². The number of nitrogens with zero attached hydrogens (tertiary/aromatic N) is 1. The van der Waals surface area contributed by atoms with Gasteiger partial charge in [-0.05, 0) is 66.9 Å². The highest BCUT2D eigenvalue weighted by Gasteiger charge is 2.43. The first-order valence-electron chi connectivity index (χ1n) is 10.7. The minimum atomic E-state index is -4.64. The molecule has 0 aliphatic carbocycles. The predicted octanol–water partition coefficient (Wildman–Crippen LogP) is 5.88. The number of rotatable bonds is 2. The summed E-state index contributed by atoms with van der Waals surface area (Å²) in [7, 11) is 0. The summed E-state index contributed by atoms with van der Waals surface area (Å²) in [5, 5.41) is 11.0. The Morgan fingerprint density at radius 1 is 0.912 bits per heavy atom. The van der Waals surface area contributed by atoms with Gasteiger partial charge in [-0.15, -0.1) is 0 Å². The zero-order chi connectivity index (χ0) is 24.3. The van der Waals surface area contributed by atoms with E-state index < -0.39 is 17.3 Å². The summed E-state index contributed by atoms with van der Waals surface area (Å²) >= 11 is 5.76. The Labute approximate surface area is 200 Å². The van der Waals surface area contributed by atoms with Gasteiger partial charge in [0.05, 0.1) is 11.2 Å². The Kier molecular flexibility index (Phi) is 6.70. The largest absolute Gasteiger partial charge is 0.416 e. The molecule has 3 aromatic rings. The van der Waals surface area contributed by atoms with E-state index in [0.717, 1.165) is 17.2 Å². The lowest BCUT2D eigenvalue weighted by molar-refractivity contribution is -0.141. The van der Waals surface area contributed by atoms with Crippen LogP contribution in [0.5, 0.6) is 0 Å². The molecule has 1 N–H and O–H groups in total. The smallest absolute Gasteiger partial charge is 0.385 e. The Hall–Kier alpha value is -3.27. The summed E-state index contributed by atoms with van der Waals surface area (Å²) in [5.41, 5.74) is -0.748. The number of hydrogen-bond acceptors (Lipinski definition) is 2. The molecule has 0 unspecified atom stereocenters. The maximum Gasteiger partial charge on any atom is 0.416 e. The van der Waals surface area contributed by atoms with E-state index in [0.29, 0.717) is 5.56 Å². The van der Waals surface area contributed by atoms with Crippen molar-refractivity contribution in [2.75, 3.05) is 13.1 Å². The van der Waals surface area contributed by atoms with Crippen molar-refractivity contribution in [2.24, 2.45) is 0 Å². The molecule has 0 bridgehead atoms. The van der Waals surface area contributed by atoms with E-state index in [9.17, 15) is 23.1 Å². The van der Waals surface area contributed by atoms with Crippen molar-refractivity contribution < 1.29 is 23.1 Å². The van der Waals surface area contributed by atoms with E-state index in [1.165, 1.54) is 12.1 Å². The van der Waals surface area contributed by atoms with Crippen LogP contribution in [-0.2, 0) is 11.8 Å².